The van der Waals surface area contributed by atoms with Crippen molar-refractivity contribution in [1.82, 2.24) is 9.36 Å². The van der Waals surface area contributed by atoms with Crippen molar-refractivity contribution in [3.8, 4) is 5.75 Å². The van der Waals surface area contributed by atoms with Crippen LogP contribution in [0.1, 0.15) is 55.2 Å². The highest BCUT2D eigenvalue weighted by Gasteiger charge is 2.34. The maximum atomic E-state index is 13.4. The molecule has 0 N–H and O–H groups in total. The standard InChI is InChI=1S/C23H28ClF4N3O3/c1-22(2,3)18-12-19(31(30(18)4)13-15-6-5-8-33-15)29-21(32)16-10-14(23(26,27)28)11-17(24)20(16)34-9-7-25/h10-12,15H,5-9,13H2,1-4H3/b29-19+/t15-/m1/s1. The van der Waals surface area contributed by atoms with Crippen molar-refractivity contribution < 1.29 is 31.8 Å². The lowest BCUT2D eigenvalue weighted by Gasteiger charge is -2.21. The van der Waals surface area contributed by atoms with Gasteiger partial charge in [-0.2, -0.15) is 18.2 Å². The van der Waals surface area contributed by atoms with Gasteiger partial charge in [-0.25, -0.2) is 4.39 Å². The third-order valence-corrected chi connectivity index (χ3v) is 5.83. The van der Waals surface area contributed by atoms with Crippen LogP contribution in [0.3, 0.4) is 0 Å². The van der Waals surface area contributed by atoms with E-state index in [-0.39, 0.29) is 22.8 Å². The van der Waals surface area contributed by atoms with Crippen molar-refractivity contribution in [3.63, 3.8) is 0 Å². The molecule has 1 aromatic carbocycles. The Kier molecular flexibility index (Phi) is 7.82. The summed E-state index contributed by atoms with van der Waals surface area (Å²) >= 11 is 5.99. The molecule has 2 heterocycles. The summed E-state index contributed by atoms with van der Waals surface area (Å²) in [5.41, 5.74) is -0.776. The van der Waals surface area contributed by atoms with Crippen molar-refractivity contribution in [2.45, 2.75) is 57.9 Å². The van der Waals surface area contributed by atoms with E-state index in [0.717, 1.165) is 18.5 Å². The Morgan fingerprint density at radius 3 is 2.53 bits per heavy atom. The molecule has 0 spiro atoms. The van der Waals surface area contributed by atoms with Crippen LogP contribution in [0.2, 0.25) is 5.02 Å². The second kappa shape index (κ2) is 10.1. The summed E-state index contributed by atoms with van der Waals surface area (Å²) in [6.45, 7) is 5.69. The van der Waals surface area contributed by atoms with Crippen LogP contribution in [0, 0.1) is 0 Å². The highest BCUT2D eigenvalue weighted by Crippen LogP contribution is 2.38. The quantitative estimate of drug-likeness (QED) is 0.515. The summed E-state index contributed by atoms with van der Waals surface area (Å²) in [6, 6.07) is 3.00. The van der Waals surface area contributed by atoms with Gasteiger partial charge in [0.05, 0.1) is 28.8 Å². The van der Waals surface area contributed by atoms with Gasteiger partial charge in [0, 0.05) is 30.8 Å². The molecule has 1 amide bonds. The fourth-order valence-electron chi connectivity index (χ4n) is 3.93. The predicted octanol–water partition coefficient (Wildman–Crippen LogP) is 5.06. The Bertz CT molecular complexity index is 1110. The van der Waals surface area contributed by atoms with Gasteiger partial charge in [-0.15, -0.1) is 0 Å². The molecule has 188 valence electrons. The number of amides is 1. The summed E-state index contributed by atoms with van der Waals surface area (Å²) in [7, 11) is 1.83. The molecule has 3 rings (SSSR count). The number of rotatable bonds is 6. The summed E-state index contributed by atoms with van der Waals surface area (Å²) in [6.07, 6.45) is -3.04. The number of nitrogens with zero attached hydrogens (tertiary/aromatic N) is 3. The van der Waals surface area contributed by atoms with E-state index in [0.29, 0.717) is 25.3 Å². The van der Waals surface area contributed by atoms with Gasteiger partial charge in [0.25, 0.3) is 5.91 Å². The lowest BCUT2D eigenvalue weighted by molar-refractivity contribution is -0.137. The van der Waals surface area contributed by atoms with Gasteiger partial charge in [0.15, 0.2) is 11.2 Å². The van der Waals surface area contributed by atoms with Crippen molar-refractivity contribution in [1.29, 1.82) is 0 Å². The topological polar surface area (TPSA) is 57.8 Å². The van der Waals surface area contributed by atoms with E-state index in [9.17, 15) is 22.4 Å². The lowest BCUT2D eigenvalue weighted by atomic mass is 9.92. The minimum absolute atomic E-state index is 0.0677. The number of aromatic nitrogens is 2. The second-order valence-corrected chi connectivity index (χ2v) is 9.57. The molecule has 2 aromatic rings. The molecular formula is C23H28ClF4N3O3. The molecule has 0 bridgehead atoms. The zero-order chi connectivity index (χ0) is 25.3. The average Bonchev–Trinajstić information content (AvgIpc) is 3.35. The third kappa shape index (κ3) is 5.83. The fourth-order valence-corrected chi connectivity index (χ4v) is 4.20. The molecule has 1 aliphatic heterocycles. The van der Waals surface area contributed by atoms with Gasteiger partial charge in [-0.1, -0.05) is 32.4 Å². The Morgan fingerprint density at radius 1 is 1.26 bits per heavy atom. The summed E-state index contributed by atoms with van der Waals surface area (Å²) < 4.78 is 67.4. The van der Waals surface area contributed by atoms with Crippen LogP contribution in [0.4, 0.5) is 17.6 Å². The van der Waals surface area contributed by atoms with E-state index in [4.69, 9.17) is 21.1 Å². The van der Waals surface area contributed by atoms with Crippen molar-refractivity contribution in [2.75, 3.05) is 19.9 Å². The maximum absolute atomic E-state index is 13.4. The van der Waals surface area contributed by atoms with E-state index in [1.165, 1.54) is 0 Å². The molecule has 0 unspecified atom stereocenters. The van der Waals surface area contributed by atoms with E-state index in [1.807, 2.05) is 32.5 Å². The first-order chi connectivity index (χ1) is 15.8. The molecule has 1 aromatic heterocycles. The Labute approximate surface area is 200 Å². The van der Waals surface area contributed by atoms with Gasteiger partial charge in [-0.05, 0) is 25.0 Å². The highest BCUT2D eigenvalue weighted by molar-refractivity contribution is 6.32. The van der Waals surface area contributed by atoms with Crippen molar-refractivity contribution >= 4 is 17.5 Å². The number of hydrogen-bond donors (Lipinski definition) is 0. The first-order valence-corrected chi connectivity index (χ1v) is 11.3. The van der Waals surface area contributed by atoms with Gasteiger partial charge < -0.3 is 9.47 Å². The third-order valence-electron chi connectivity index (χ3n) is 5.55. The summed E-state index contributed by atoms with van der Waals surface area (Å²) in [4.78, 5) is 17.3. The predicted molar refractivity (Wildman–Crippen MR) is 119 cm³/mol. The highest BCUT2D eigenvalue weighted by atomic mass is 35.5. The first kappa shape index (κ1) is 26.3. The number of hydrogen-bond acceptors (Lipinski definition) is 3. The van der Waals surface area contributed by atoms with Crippen LogP contribution in [-0.4, -0.2) is 41.3 Å². The number of halogens is 5. The number of carbonyl (C=O) groups excluding carboxylic acids is 1. The van der Waals surface area contributed by atoms with Crippen LogP contribution < -0.4 is 10.2 Å². The van der Waals surface area contributed by atoms with E-state index in [2.05, 4.69) is 4.99 Å². The maximum Gasteiger partial charge on any atom is 0.416 e. The number of carbonyl (C=O) groups is 1. The summed E-state index contributed by atoms with van der Waals surface area (Å²) in [5.74, 6) is -1.31. The monoisotopic (exact) mass is 505 g/mol. The molecule has 34 heavy (non-hydrogen) atoms. The largest absolute Gasteiger partial charge is 0.488 e. The van der Waals surface area contributed by atoms with Crippen LogP contribution >= 0.6 is 11.6 Å². The molecular weight excluding hydrogens is 478 g/mol. The second-order valence-electron chi connectivity index (χ2n) is 9.17. The SMILES string of the molecule is Cn1c(C(C)(C)C)c/c(=N\C(=O)c2cc(C(F)(F)F)cc(Cl)c2OCCF)n1C[C@H]1CCCO1. The molecule has 1 atom stereocenters. The molecule has 0 saturated carbocycles. The van der Waals surface area contributed by atoms with Crippen LogP contribution in [0.25, 0.3) is 0 Å². The molecule has 0 radical (unpaired) electrons. The van der Waals surface area contributed by atoms with E-state index < -0.39 is 41.5 Å². The smallest absolute Gasteiger partial charge is 0.416 e. The van der Waals surface area contributed by atoms with Crippen molar-refractivity contribution in [3.05, 3.63) is 45.5 Å². The molecule has 1 fully saturated rings. The van der Waals surface area contributed by atoms with Crippen LogP contribution in [0.5, 0.6) is 5.75 Å². The zero-order valence-corrected chi connectivity index (χ0v) is 20.3. The number of benzene rings is 1. The Balaban J connectivity index is 2.15. The van der Waals surface area contributed by atoms with Gasteiger partial charge in [0.1, 0.15) is 13.3 Å². The summed E-state index contributed by atoms with van der Waals surface area (Å²) in [5, 5.41) is -0.447. The average molecular weight is 506 g/mol. The molecule has 6 nitrogen and oxygen atoms in total. The number of ether oxygens (including phenoxy) is 2. The minimum Gasteiger partial charge on any atom is -0.488 e. The lowest BCUT2D eigenvalue weighted by Crippen LogP contribution is -2.30. The van der Waals surface area contributed by atoms with E-state index >= 15 is 0 Å². The van der Waals surface area contributed by atoms with Gasteiger partial charge in [-0.3, -0.25) is 14.2 Å². The Hall–Kier alpha value is -2.33. The van der Waals surface area contributed by atoms with Crippen LogP contribution in [0.15, 0.2) is 23.2 Å². The first-order valence-electron chi connectivity index (χ1n) is 10.9. The molecule has 0 aliphatic carbocycles. The van der Waals surface area contributed by atoms with Crippen molar-refractivity contribution in [2.24, 2.45) is 12.0 Å². The zero-order valence-electron chi connectivity index (χ0n) is 19.5. The molecule has 1 aliphatic rings. The Morgan fingerprint density at radius 2 is 1.97 bits per heavy atom. The number of alkyl halides is 4. The van der Waals surface area contributed by atoms with E-state index in [1.54, 1.807) is 10.7 Å². The normalized spacial score (nSPS) is 17.4. The van der Waals surface area contributed by atoms with Gasteiger partial charge >= 0.3 is 6.18 Å². The molecule has 1 saturated heterocycles. The minimum atomic E-state index is -4.75. The van der Waals surface area contributed by atoms with Crippen LogP contribution in [-0.2, 0) is 29.9 Å². The fraction of sp³-hybridized carbons (Fsp3) is 0.565. The van der Waals surface area contributed by atoms with Gasteiger partial charge in [0.2, 0.25) is 0 Å². The molecule has 11 heteroatoms.